The van der Waals surface area contributed by atoms with E-state index in [2.05, 4.69) is 4.98 Å². The van der Waals surface area contributed by atoms with Crippen LogP contribution >= 0.6 is 11.8 Å². The molecule has 19 heavy (non-hydrogen) atoms. The van der Waals surface area contributed by atoms with Crippen LogP contribution in [-0.2, 0) is 9.53 Å². The van der Waals surface area contributed by atoms with E-state index in [1.807, 2.05) is 4.57 Å². The standard InChI is InChI=1S/C12H16N2O4S/c1-18-9-4-2-3-8(9)14-6-5-10(15)13-12(14)19-7-11(16)17/h5-6,8-9H,2-4,7H2,1H3,(H,16,17). The van der Waals surface area contributed by atoms with Gasteiger partial charge in [0.05, 0.1) is 17.9 Å². The Morgan fingerprint density at radius 3 is 3.11 bits per heavy atom. The fourth-order valence-electron chi connectivity index (χ4n) is 2.38. The largest absolute Gasteiger partial charge is 0.481 e. The molecule has 1 heterocycles. The van der Waals surface area contributed by atoms with Gasteiger partial charge in [-0.2, -0.15) is 4.98 Å². The maximum Gasteiger partial charge on any atom is 0.313 e. The van der Waals surface area contributed by atoms with E-state index in [0.29, 0.717) is 5.16 Å². The van der Waals surface area contributed by atoms with Gasteiger partial charge >= 0.3 is 5.97 Å². The van der Waals surface area contributed by atoms with E-state index in [0.717, 1.165) is 31.0 Å². The number of ether oxygens (including phenoxy) is 1. The van der Waals surface area contributed by atoms with Gasteiger partial charge in [-0.05, 0) is 19.3 Å². The Morgan fingerprint density at radius 1 is 1.63 bits per heavy atom. The van der Waals surface area contributed by atoms with Crippen molar-refractivity contribution in [2.24, 2.45) is 0 Å². The smallest absolute Gasteiger partial charge is 0.313 e. The molecule has 1 aromatic rings. The minimum atomic E-state index is -0.927. The van der Waals surface area contributed by atoms with Crippen molar-refractivity contribution in [3.8, 4) is 0 Å². The van der Waals surface area contributed by atoms with Crippen LogP contribution in [0.4, 0.5) is 0 Å². The Bertz CT molecular complexity index is 517. The van der Waals surface area contributed by atoms with Gasteiger partial charge in [0.25, 0.3) is 5.56 Å². The van der Waals surface area contributed by atoms with E-state index in [-0.39, 0.29) is 23.5 Å². The maximum atomic E-state index is 11.3. The number of carbonyl (C=O) groups is 1. The van der Waals surface area contributed by atoms with E-state index in [4.69, 9.17) is 9.84 Å². The number of nitrogens with zero attached hydrogens (tertiary/aromatic N) is 2. The molecule has 0 aliphatic heterocycles. The number of hydrogen-bond acceptors (Lipinski definition) is 5. The van der Waals surface area contributed by atoms with Crippen LogP contribution in [0.2, 0.25) is 0 Å². The first-order chi connectivity index (χ1) is 9.11. The van der Waals surface area contributed by atoms with Gasteiger partial charge in [0.2, 0.25) is 0 Å². The van der Waals surface area contributed by atoms with Gasteiger partial charge in [-0.25, -0.2) is 0 Å². The van der Waals surface area contributed by atoms with Crippen LogP contribution in [0.3, 0.4) is 0 Å². The lowest BCUT2D eigenvalue weighted by Gasteiger charge is -2.23. The lowest BCUT2D eigenvalue weighted by Crippen LogP contribution is -2.24. The second kappa shape index (κ2) is 6.21. The summed E-state index contributed by atoms with van der Waals surface area (Å²) >= 11 is 1.07. The summed E-state index contributed by atoms with van der Waals surface area (Å²) in [4.78, 5) is 25.9. The molecule has 1 aliphatic rings. The van der Waals surface area contributed by atoms with Gasteiger partial charge in [0.1, 0.15) is 0 Å². The van der Waals surface area contributed by atoms with Crippen LogP contribution in [0, 0.1) is 0 Å². The predicted molar refractivity (Wildman–Crippen MR) is 70.5 cm³/mol. The molecule has 1 aromatic heterocycles. The number of rotatable bonds is 5. The van der Waals surface area contributed by atoms with Crippen LogP contribution in [0.25, 0.3) is 0 Å². The monoisotopic (exact) mass is 284 g/mol. The Balaban J connectivity index is 2.28. The second-order valence-corrected chi connectivity index (χ2v) is 5.35. The summed E-state index contributed by atoms with van der Waals surface area (Å²) in [5.41, 5.74) is -0.351. The number of aromatic nitrogens is 2. The Kier molecular flexibility index (Phi) is 4.60. The summed E-state index contributed by atoms with van der Waals surface area (Å²) in [6.45, 7) is 0. The molecule has 1 fully saturated rings. The molecule has 1 N–H and O–H groups in total. The third-order valence-corrected chi connectivity index (χ3v) is 4.16. The van der Waals surface area contributed by atoms with E-state index < -0.39 is 5.97 Å². The Hall–Kier alpha value is -1.34. The highest BCUT2D eigenvalue weighted by Crippen LogP contribution is 2.34. The first-order valence-electron chi connectivity index (χ1n) is 6.08. The fourth-order valence-corrected chi connectivity index (χ4v) is 3.13. The van der Waals surface area contributed by atoms with Crippen LogP contribution < -0.4 is 5.56 Å². The maximum absolute atomic E-state index is 11.3. The molecule has 0 aromatic carbocycles. The van der Waals surface area contributed by atoms with Gasteiger partial charge in [0, 0.05) is 19.4 Å². The summed E-state index contributed by atoms with van der Waals surface area (Å²) in [5.74, 6) is -1.04. The molecule has 104 valence electrons. The van der Waals surface area contributed by atoms with Crippen molar-refractivity contribution in [1.29, 1.82) is 0 Å². The lowest BCUT2D eigenvalue weighted by molar-refractivity contribution is -0.133. The molecule has 7 heteroatoms. The van der Waals surface area contributed by atoms with E-state index >= 15 is 0 Å². The molecule has 1 aliphatic carbocycles. The summed E-state index contributed by atoms with van der Waals surface area (Å²) in [6, 6.07) is 1.52. The van der Waals surface area contributed by atoms with Crippen molar-refractivity contribution in [1.82, 2.24) is 9.55 Å². The molecule has 1 saturated carbocycles. The van der Waals surface area contributed by atoms with Crippen molar-refractivity contribution in [3.63, 3.8) is 0 Å². The third-order valence-electron chi connectivity index (χ3n) is 3.21. The minimum Gasteiger partial charge on any atom is -0.481 e. The predicted octanol–water partition coefficient (Wildman–Crippen LogP) is 1.16. The summed E-state index contributed by atoms with van der Waals surface area (Å²) < 4.78 is 7.31. The van der Waals surface area contributed by atoms with Crippen LogP contribution in [0.1, 0.15) is 25.3 Å². The number of carboxylic acid groups (broad SMARTS) is 1. The zero-order chi connectivity index (χ0) is 13.8. The van der Waals surface area contributed by atoms with E-state index in [1.54, 1.807) is 13.3 Å². The van der Waals surface area contributed by atoms with Gasteiger partial charge in [-0.1, -0.05) is 11.8 Å². The Morgan fingerprint density at radius 2 is 2.42 bits per heavy atom. The van der Waals surface area contributed by atoms with Crippen LogP contribution in [0.15, 0.2) is 22.2 Å². The highest BCUT2D eigenvalue weighted by Gasteiger charge is 2.29. The molecule has 2 rings (SSSR count). The summed E-state index contributed by atoms with van der Waals surface area (Å²) in [5, 5.41) is 9.19. The van der Waals surface area contributed by atoms with Crippen LogP contribution in [-0.4, -0.2) is 39.6 Å². The lowest BCUT2D eigenvalue weighted by atomic mass is 10.2. The molecule has 0 bridgehead atoms. The normalized spacial score (nSPS) is 22.6. The zero-order valence-electron chi connectivity index (χ0n) is 10.6. The average molecular weight is 284 g/mol. The number of thioether (sulfide) groups is 1. The molecule has 2 unspecified atom stereocenters. The van der Waals surface area contributed by atoms with Gasteiger partial charge in [-0.3, -0.25) is 9.59 Å². The number of hydrogen-bond donors (Lipinski definition) is 1. The zero-order valence-corrected chi connectivity index (χ0v) is 11.4. The molecule has 0 saturated heterocycles. The highest BCUT2D eigenvalue weighted by molar-refractivity contribution is 7.99. The second-order valence-electron chi connectivity index (χ2n) is 4.41. The van der Waals surface area contributed by atoms with E-state index in [9.17, 15) is 9.59 Å². The van der Waals surface area contributed by atoms with Gasteiger partial charge < -0.3 is 14.4 Å². The van der Waals surface area contributed by atoms with Crippen molar-refractivity contribution >= 4 is 17.7 Å². The van der Waals surface area contributed by atoms with Gasteiger partial charge in [-0.15, -0.1) is 0 Å². The number of methoxy groups -OCH3 is 1. The van der Waals surface area contributed by atoms with E-state index in [1.165, 1.54) is 6.07 Å². The summed E-state index contributed by atoms with van der Waals surface area (Å²) in [6.07, 6.45) is 4.74. The van der Waals surface area contributed by atoms with Gasteiger partial charge in [0.15, 0.2) is 5.16 Å². The molecular weight excluding hydrogens is 268 g/mol. The first-order valence-corrected chi connectivity index (χ1v) is 7.07. The van der Waals surface area contributed by atoms with Crippen molar-refractivity contribution < 1.29 is 14.6 Å². The third kappa shape index (κ3) is 3.36. The molecule has 0 amide bonds. The molecule has 0 radical (unpaired) electrons. The summed E-state index contributed by atoms with van der Waals surface area (Å²) in [7, 11) is 1.67. The molecule has 6 nitrogen and oxygen atoms in total. The topological polar surface area (TPSA) is 81.4 Å². The highest BCUT2D eigenvalue weighted by atomic mass is 32.2. The number of aliphatic carboxylic acids is 1. The van der Waals surface area contributed by atoms with Crippen molar-refractivity contribution in [2.75, 3.05) is 12.9 Å². The average Bonchev–Trinajstić information content (AvgIpc) is 2.84. The van der Waals surface area contributed by atoms with Crippen LogP contribution in [0.5, 0.6) is 0 Å². The number of carboxylic acids is 1. The molecular formula is C12H16N2O4S. The molecule has 2 atom stereocenters. The first kappa shape index (κ1) is 14.1. The van der Waals surface area contributed by atoms with Crippen molar-refractivity contribution in [3.05, 3.63) is 22.6 Å². The SMILES string of the molecule is COC1CCCC1n1ccc(=O)nc1SCC(=O)O. The quantitative estimate of drug-likeness (QED) is 0.645. The molecule has 0 spiro atoms. The van der Waals surface area contributed by atoms with Crippen molar-refractivity contribution in [2.45, 2.75) is 36.6 Å². The minimum absolute atomic E-state index is 0.0912. The fraction of sp³-hybridized carbons (Fsp3) is 0.583. The Labute approximate surface area is 114 Å².